The number of hydrogen-bond acceptors (Lipinski definition) is 5. The van der Waals surface area contributed by atoms with Crippen molar-refractivity contribution in [1.29, 1.82) is 0 Å². The van der Waals surface area contributed by atoms with E-state index in [1.807, 2.05) is 30.9 Å². The largest absolute Gasteiger partial charge is 0.337 e. The van der Waals surface area contributed by atoms with E-state index < -0.39 is 0 Å². The van der Waals surface area contributed by atoms with Gasteiger partial charge in [0.25, 0.3) is 0 Å². The molecule has 0 saturated carbocycles. The number of halogens is 1. The van der Waals surface area contributed by atoms with Gasteiger partial charge in [-0.25, -0.2) is 14.4 Å². The Labute approximate surface area is 150 Å². The molecule has 0 amide bonds. The van der Waals surface area contributed by atoms with E-state index in [4.69, 9.17) is 0 Å². The molecule has 1 saturated heterocycles. The molecule has 130 valence electrons. The van der Waals surface area contributed by atoms with Gasteiger partial charge in [-0.3, -0.25) is 4.90 Å². The number of nitrogens with zero attached hydrogens (tertiary/aromatic N) is 4. The summed E-state index contributed by atoms with van der Waals surface area (Å²) in [6, 6.07) is 7.01. The van der Waals surface area contributed by atoms with E-state index in [1.165, 1.54) is 17.4 Å². The maximum absolute atomic E-state index is 14.0. The highest BCUT2D eigenvalue weighted by Gasteiger charge is 2.27. The average molecular weight is 357 g/mol. The zero-order chi connectivity index (χ0) is 17.2. The van der Waals surface area contributed by atoms with Crippen molar-refractivity contribution < 1.29 is 4.39 Å². The second-order valence-electron chi connectivity index (χ2n) is 6.21. The summed E-state index contributed by atoms with van der Waals surface area (Å²) >= 11 is 1.49. The first-order valence-corrected chi connectivity index (χ1v) is 9.21. The summed E-state index contributed by atoms with van der Waals surface area (Å²) in [6.07, 6.45) is 3.81. The molecule has 1 N–H and O–H groups in total. The van der Waals surface area contributed by atoms with Crippen molar-refractivity contribution >= 4 is 11.3 Å². The highest BCUT2D eigenvalue weighted by molar-refractivity contribution is 7.13. The Kier molecular flexibility index (Phi) is 4.61. The number of aryl methyl sites for hydroxylation is 1. The van der Waals surface area contributed by atoms with Gasteiger partial charge < -0.3 is 9.88 Å². The third-order valence-electron chi connectivity index (χ3n) is 4.53. The van der Waals surface area contributed by atoms with Gasteiger partial charge in [-0.05, 0) is 12.1 Å². The van der Waals surface area contributed by atoms with E-state index in [0.717, 1.165) is 42.7 Å². The normalized spacial score (nSPS) is 18.6. The number of thiazole rings is 1. The summed E-state index contributed by atoms with van der Waals surface area (Å²) in [6.45, 7) is 3.49. The molecule has 2 aromatic heterocycles. The zero-order valence-corrected chi connectivity index (χ0v) is 14.8. The number of imidazole rings is 1. The predicted octanol–water partition coefficient (Wildman–Crippen LogP) is 2.83. The van der Waals surface area contributed by atoms with Crippen molar-refractivity contribution in [3.05, 3.63) is 59.4 Å². The van der Waals surface area contributed by atoms with Crippen LogP contribution in [0.5, 0.6) is 0 Å². The van der Waals surface area contributed by atoms with Gasteiger partial charge in [0.1, 0.15) is 16.6 Å². The summed E-state index contributed by atoms with van der Waals surface area (Å²) < 4.78 is 16.0. The molecule has 0 aliphatic carbocycles. The number of aromatic nitrogens is 3. The Morgan fingerprint density at radius 1 is 1.36 bits per heavy atom. The molecular weight excluding hydrogens is 337 g/mol. The minimum absolute atomic E-state index is 0.215. The molecule has 4 rings (SSSR count). The molecule has 1 aliphatic heterocycles. The summed E-state index contributed by atoms with van der Waals surface area (Å²) in [5, 5.41) is 6.20. The van der Waals surface area contributed by atoms with Crippen LogP contribution in [0.25, 0.3) is 10.6 Å². The van der Waals surface area contributed by atoms with Crippen LogP contribution in [0.3, 0.4) is 0 Å². The molecule has 1 aromatic carbocycles. The molecule has 0 spiro atoms. The molecule has 0 bridgehead atoms. The molecule has 1 aliphatic rings. The minimum Gasteiger partial charge on any atom is -0.337 e. The van der Waals surface area contributed by atoms with E-state index in [2.05, 4.69) is 24.8 Å². The van der Waals surface area contributed by atoms with Crippen LogP contribution in [0.15, 0.2) is 42.0 Å². The van der Waals surface area contributed by atoms with E-state index >= 15 is 0 Å². The molecule has 0 radical (unpaired) electrons. The van der Waals surface area contributed by atoms with E-state index in [9.17, 15) is 4.39 Å². The Bertz CT molecular complexity index is 859. The summed E-state index contributed by atoms with van der Waals surface area (Å²) in [7, 11) is 2.02. The molecule has 5 nitrogen and oxygen atoms in total. The third kappa shape index (κ3) is 3.35. The van der Waals surface area contributed by atoms with Crippen molar-refractivity contribution in [2.75, 3.05) is 19.6 Å². The number of piperazine rings is 1. The Balaban J connectivity index is 1.55. The molecule has 3 aromatic rings. The Hall–Kier alpha value is -2.09. The van der Waals surface area contributed by atoms with Gasteiger partial charge in [0.15, 0.2) is 0 Å². The molecule has 7 heteroatoms. The van der Waals surface area contributed by atoms with Crippen LogP contribution in [0, 0.1) is 5.82 Å². The fourth-order valence-electron chi connectivity index (χ4n) is 3.23. The van der Waals surface area contributed by atoms with Gasteiger partial charge in [0.2, 0.25) is 0 Å². The summed E-state index contributed by atoms with van der Waals surface area (Å²) in [5.41, 5.74) is 1.55. The van der Waals surface area contributed by atoms with Crippen LogP contribution >= 0.6 is 11.3 Å². The van der Waals surface area contributed by atoms with Crippen LogP contribution in [0.4, 0.5) is 4.39 Å². The number of hydrogen-bond donors (Lipinski definition) is 1. The lowest BCUT2D eigenvalue weighted by Crippen LogP contribution is -2.46. The van der Waals surface area contributed by atoms with Crippen molar-refractivity contribution in [3.63, 3.8) is 0 Å². The lowest BCUT2D eigenvalue weighted by molar-refractivity contribution is 0.143. The van der Waals surface area contributed by atoms with Gasteiger partial charge in [-0.15, -0.1) is 11.3 Å². The van der Waals surface area contributed by atoms with E-state index in [1.54, 1.807) is 12.1 Å². The maximum atomic E-state index is 14.0. The second kappa shape index (κ2) is 7.03. The first kappa shape index (κ1) is 16.4. The topological polar surface area (TPSA) is 46.0 Å². The molecular formula is C18H20FN5S. The van der Waals surface area contributed by atoms with E-state index in [0.29, 0.717) is 5.56 Å². The quantitative estimate of drug-likeness (QED) is 0.780. The molecule has 1 unspecified atom stereocenters. The number of rotatable bonds is 4. The lowest BCUT2D eigenvalue weighted by atomic mass is 10.1. The van der Waals surface area contributed by atoms with Gasteiger partial charge in [0.05, 0.1) is 11.7 Å². The van der Waals surface area contributed by atoms with Crippen molar-refractivity contribution in [1.82, 2.24) is 24.8 Å². The van der Waals surface area contributed by atoms with Crippen LogP contribution < -0.4 is 5.32 Å². The average Bonchev–Trinajstić information content (AvgIpc) is 3.25. The van der Waals surface area contributed by atoms with Crippen LogP contribution in [0.1, 0.15) is 17.6 Å². The molecule has 1 atom stereocenters. The maximum Gasteiger partial charge on any atom is 0.133 e. The second-order valence-corrected chi connectivity index (χ2v) is 7.07. The first-order valence-electron chi connectivity index (χ1n) is 8.33. The summed E-state index contributed by atoms with van der Waals surface area (Å²) in [4.78, 5) is 11.6. The fraction of sp³-hybridized carbons (Fsp3) is 0.333. The Morgan fingerprint density at radius 2 is 2.24 bits per heavy atom. The first-order chi connectivity index (χ1) is 12.2. The van der Waals surface area contributed by atoms with Gasteiger partial charge in [0, 0.05) is 56.6 Å². The van der Waals surface area contributed by atoms with Crippen LogP contribution in [-0.4, -0.2) is 39.1 Å². The van der Waals surface area contributed by atoms with Crippen molar-refractivity contribution in [3.8, 4) is 10.6 Å². The van der Waals surface area contributed by atoms with Gasteiger partial charge in [-0.2, -0.15) is 0 Å². The van der Waals surface area contributed by atoms with E-state index in [-0.39, 0.29) is 11.9 Å². The van der Waals surface area contributed by atoms with Crippen molar-refractivity contribution in [2.45, 2.75) is 12.6 Å². The predicted molar refractivity (Wildman–Crippen MR) is 96.7 cm³/mol. The number of benzene rings is 1. The zero-order valence-electron chi connectivity index (χ0n) is 14.0. The summed E-state index contributed by atoms with van der Waals surface area (Å²) in [5.74, 6) is 0.827. The lowest BCUT2D eigenvalue weighted by Gasteiger charge is -2.35. The highest BCUT2D eigenvalue weighted by atomic mass is 32.1. The SMILES string of the molecule is Cn1ccnc1C1CNCCN1Cc1csc(-c2ccccc2F)n1. The van der Waals surface area contributed by atoms with Gasteiger partial charge >= 0.3 is 0 Å². The molecule has 25 heavy (non-hydrogen) atoms. The minimum atomic E-state index is -0.226. The van der Waals surface area contributed by atoms with Crippen molar-refractivity contribution in [2.24, 2.45) is 7.05 Å². The third-order valence-corrected chi connectivity index (χ3v) is 5.46. The van der Waals surface area contributed by atoms with Gasteiger partial charge in [-0.1, -0.05) is 12.1 Å². The smallest absolute Gasteiger partial charge is 0.133 e. The number of nitrogens with one attached hydrogen (secondary N) is 1. The Morgan fingerprint density at radius 3 is 3.04 bits per heavy atom. The molecule has 1 fully saturated rings. The monoisotopic (exact) mass is 357 g/mol. The van der Waals surface area contributed by atoms with Crippen LogP contribution in [-0.2, 0) is 13.6 Å². The standard InChI is InChI=1S/C18H20FN5S/c1-23-8-7-21-17(23)16-10-20-6-9-24(16)11-13-12-25-18(22-13)14-4-2-3-5-15(14)19/h2-5,7-8,12,16,20H,6,9-11H2,1H3. The highest BCUT2D eigenvalue weighted by Crippen LogP contribution is 2.28. The van der Waals surface area contributed by atoms with Crippen LogP contribution in [0.2, 0.25) is 0 Å². The molecule has 3 heterocycles. The fourth-order valence-corrected chi connectivity index (χ4v) is 4.07.